The van der Waals surface area contributed by atoms with Gasteiger partial charge in [-0.2, -0.15) is 0 Å². The summed E-state index contributed by atoms with van der Waals surface area (Å²) in [7, 11) is 0. The van der Waals surface area contributed by atoms with Crippen molar-refractivity contribution in [3.05, 3.63) is 18.2 Å². The molecular weight excluding hydrogens is 178 g/mol. The number of hydrogen-bond donors (Lipinski definition) is 4. The van der Waals surface area contributed by atoms with Crippen LogP contribution >= 0.6 is 0 Å². The summed E-state index contributed by atoms with van der Waals surface area (Å²) >= 11 is 0. The Bertz CT molecular complexity index is 261. The van der Waals surface area contributed by atoms with Gasteiger partial charge in [-0.3, -0.25) is 10.9 Å². The lowest BCUT2D eigenvalue weighted by atomic mass is 10.1. The molecule has 2 rings (SSSR count). The van der Waals surface area contributed by atoms with Gasteiger partial charge in [0.05, 0.1) is 6.33 Å². The van der Waals surface area contributed by atoms with Crippen LogP contribution in [0.3, 0.4) is 0 Å². The Labute approximate surface area is 83.7 Å². The van der Waals surface area contributed by atoms with E-state index in [9.17, 15) is 0 Å². The first-order valence-electron chi connectivity index (χ1n) is 4.99. The molecular formula is C9H17N5. The molecule has 5 nitrogen and oxygen atoms in total. The molecule has 1 aliphatic rings. The molecule has 2 atom stereocenters. The fraction of sp³-hybridized carbons (Fsp3) is 0.667. The monoisotopic (exact) mass is 195 g/mol. The second kappa shape index (κ2) is 4.08. The van der Waals surface area contributed by atoms with E-state index in [1.54, 1.807) is 6.33 Å². The molecule has 0 bridgehead atoms. The minimum atomic E-state index is 0.452. The number of imidazole rings is 1. The van der Waals surface area contributed by atoms with E-state index in [0.717, 1.165) is 12.2 Å². The van der Waals surface area contributed by atoms with Crippen molar-refractivity contribution in [2.24, 2.45) is 0 Å². The molecule has 0 saturated carbocycles. The molecule has 1 saturated heterocycles. The number of H-pyrrole nitrogens is 1. The zero-order valence-electron chi connectivity index (χ0n) is 8.54. The smallest absolute Gasteiger partial charge is 0.0922 e. The van der Waals surface area contributed by atoms with Gasteiger partial charge in [0, 0.05) is 36.6 Å². The van der Waals surface area contributed by atoms with Crippen LogP contribution in [0.5, 0.6) is 0 Å². The highest BCUT2D eigenvalue weighted by Gasteiger charge is 2.28. The van der Waals surface area contributed by atoms with E-state index in [1.165, 1.54) is 0 Å². The summed E-state index contributed by atoms with van der Waals surface area (Å²) in [5.41, 5.74) is 7.54. The van der Waals surface area contributed by atoms with Crippen LogP contribution in [-0.2, 0) is 6.54 Å². The molecule has 14 heavy (non-hydrogen) atoms. The van der Waals surface area contributed by atoms with Crippen molar-refractivity contribution in [3.8, 4) is 0 Å². The van der Waals surface area contributed by atoms with Gasteiger partial charge in [0.25, 0.3) is 0 Å². The van der Waals surface area contributed by atoms with Gasteiger partial charge in [-0.1, -0.05) is 0 Å². The molecule has 1 aromatic heterocycles. The van der Waals surface area contributed by atoms with Gasteiger partial charge in [-0.15, -0.1) is 0 Å². The highest BCUT2D eigenvalue weighted by Crippen LogP contribution is 2.06. The number of rotatable bonds is 3. The SMILES string of the molecule is CC1NNC(C)C1NCc1cnc[nH]1. The third kappa shape index (κ3) is 1.95. The Morgan fingerprint density at radius 3 is 2.64 bits per heavy atom. The van der Waals surface area contributed by atoms with Crippen LogP contribution in [0.2, 0.25) is 0 Å². The van der Waals surface area contributed by atoms with Crippen LogP contribution in [0.15, 0.2) is 12.5 Å². The van der Waals surface area contributed by atoms with Crippen LogP contribution in [0, 0.1) is 0 Å². The Morgan fingerprint density at radius 1 is 1.36 bits per heavy atom. The zero-order valence-corrected chi connectivity index (χ0v) is 8.54. The maximum Gasteiger partial charge on any atom is 0.0922 e. The van der Waals surface area contributed by atoms with Crippen LogP contribution < -0.4 is 16.2 Å². The van der Waals surface area contributed by atoms with Crippen molar-refractivity contribution in [3.63, 3.8) is 0 Å². The van der Waals surface area contributed by atoms with Crippen molar-refractivity contribution in [2.45, 2.75) is 38.5 Å². The highest BCUT2D eigenvalue weighted by molar-refractivity contribution is 4.97. The molecule has 1 aromatic rings. The van der Waals surface area contributed by atoms with E-state index in [4.69, 9.17) is 0 Å². The van der Waals surface area contributed by atoms with Gasteiger partial charge in [-0.05, 0) is 13.8 Å². The molecule has 1 fully saturated rings. The summed E-state index contributed by atoms with van der Waals surface area (Å²) in [5.74, 6) is 0. The number of nitrogens with zero attached hydrogens (tertiary/aromatic N) is 1. The van der Waals surface area contributed by atoms with Crippen molar-refractivity contribution < 1.29 is 0 Å². The normalized spacial score (nSPS) is 32.3. The molecule has 0 amide bonds. The number of aromatic amines is 1. The van der Waals surface area contributed by atoms with E-state index in [2.05, 4.69) is 40.0 Å². The van der Waals surface area contributed by atoms with Crippen molar-refractivity contribution in [1.82, 2.24) is 26.1 Å². The molecule has 78 valence electrons. The molecule has 0 spiro atoms. The average Bonchev–Trinajstić information content (AvgIpc) is 2.76. The third-order valence-corrected chi connectivity index (χ3v) is 2.70. The topological polar surface area (TPSA) is 64.8 Å². The summed E-state index contributed by atoms with van der Waals surface area (Å²) < 4.78 is 0. The predicted octanol–water partition coefficient (Wildman–Crippen LogP) is -0.247. The summed E-state index contributed by atoms with van der Waals surface area (Å²) in [4.78, 5) is 7.05. The second-order valence-electron chi connectivity index (χ2n) is 3.85. The molecule has 1 aliphatic heterocycles. The lowest BCUT2D eigenvalue weighted by Crippen LogP contribution is -2.42. The molecule has 0 aromatic carbocycles. The first kappa shape index (κ1) is 9.64. The van der Waals surface area contributed by atoms with E-state index >= 15 is 0 Å². The van der Waals surface area contributed by atoms with Crippen molar-refractivity contribution >= 4 is 0 Å². The number of hydrazine groups is 1. The minimum Gasteiger partial charge on any atom is -0.347 e. The molecule has 2 unspecified atom stereocenters. The van der Waals surface area contributed by atoms with E-state index in [0.29, 0.717) is 18.1 Å². The minimum absolute atomic E-state index is 0.452. The molecule has 0 radical (unpaired) electrons. The van der Waals surface area contributed by atoms with Crippen molar-refractivity contribution in [2.75, 3.05) is 0 Å². The average molecular weight is 195 g/mol. The third-order valence-electron chi connectivity index (χ3n) is 2.70. The quantitative estimate of drug-likeness (QED) is 0.537. The van der Waals surface area contributed by atoms with Crippen LogP contribution in [-0.4, -0.2) is 28.1 Å². The van der Waals surface area contributed by atoms with E-state index < -0.39 is 0 Å². The first-order chi connectivity index (χ1) is 6.77. The zero-order chi connectivity index (χ0) is 9.97. The van der Waals surface area contributed by atoms with Crippen LogP contribution in [0.1, 0.15) is 19.5 Å². The van der Waals surface area contributed by atoms with E-state index in [1.807, 2.05) is 6.20 Å². The number of nitrogens with one attached hydrogen (secondary N) is 4. The van der Waals surface area contributed by atoms with E-state index in [-0.39, 0.29) is 0 Å². The Balaban J connectivity index is 1.85. The fourth-order valence-corrected chi connectivity index (χ4v) is 1.84. The Kier molecular flexibility index (Phi) is 2.81. The van der Waals surface area contributed by atoms with Crippen LogP contribution in [0.25, 0.3) is 0 Å². The van der Waals surface area contributed by atoms with Gasteiger partial charge in [-0.25, -0.2) is 4.98 Å². The maximum atomic E-state index is 3.98. The second-order valence-corrected chi connectivity index (χ2v) is 3.85. The fourth-order valence-electron chi connectivity index (χ4n) is 1.84. The Morgan fingerprint density at radius 2 is 2.07 bits per heavy atom. The molecule has 5 heteroatoms. The summed E-state index contributed by atoms with van der Waals surface area (Å²) in [6.07, 6.45) is 3.55. The van der Waals surface area contributed by atoms with Crippen molar-refractivity contribution in [1.29, 1.82) is 0 Å². The standard InChI is InChI=1S/C9H17N5/c1-6-9(7(2)14-13-6)11-4-8-3-10-5-12-8/h3,5-7,9,11,13-14H,4H2,1-2H3,(H,10,12). The lowest BCUT2D eigenvalue weighted by molar-refractivity contribution is 0.444. The van der Waals surface area contributed by atoms with Gasteiger partial charge in [0.1, 0.15) is 0 Å². The number of aromatic nitrogens is 2. The predicted molar refractivity (Wildman–Crippen MR) is 54.4 cm³/mol. The summed E-state index contributed by atoms with van der Waals surface area (Å²) in [6.45, 7) is 5.17. The maximum absolute atomic E-state index is 3.98. The summed E-state index contributed by atoms with van der Waals surface area (Å²) in [5, 5.41) is 3.49. The highest BCUT2D eigenvalue weighted by atomic mass is 15.4. The van der Waals surface area contributed by atoms with Gasteiger partial charge in [0.15, 0.2) is 0 Å². The lowest BCUT2D eigenvalue weighted by Gasteiger charge is -2.18. The van der Waals surface area contributed by atoms with Gasteiger partial charge >= 0.3 is 0 Å². The first-order valence-corrected chi connectivity index (χ1v) is 4.99. The van der Waals surface area contributed by atoms with Crippen LogP contribution in [0.4, 0.5) is 0 Å². The molecule has 0 aliphatic carbocycles. The molecule has 2 heterocycles. The van der Waals surface area contributed by atoms with Gasteiger partial charge in [0.2, 0.25) is 0 Å². The molecule has 4 N–H and O–H groups in total. The Hall–Kier alpha value is -0.910. The largest absolute Gasteiger partial charge is 0.347 e. The number of hydrogen-bond acceptors (Lipinski definition) is 4. The summed E-state index contributed by atoms with van der Waals surface area (Å²) in [6, 6.07) is 1.36. The van der Waals surface area contributed by atoms with Gasteiger partial charge < -0.3 is 10.3 Å².